The van der Waals surface area contributed by atoms with Crippen molar-refractivity contribution in [2.75, 3.05) is 72.6 Å². The number of carboxylic acids is 3. The second kappa shape index (κ2) is 47.8. The fourth-order valence-electron chi connectivity index (χ4n) is 16.7. The summed E-state index contributed by atoms with van der Waals surface area (Å²) in [4.78, 5) is 89.8. The number of aliphatic hydroxyl groups is 28. The SMILES string of the molecule is CC(=O)N[C@H]1[C@H](O[C@H]2[C@@H](O)[C@@H](CO)O[C@@H](O[C@H]3[C@H](O[C@H]4O[C@H]([C@@H](O)CO)[C@@H](O)[C@H](OP(=O)(O)OCCN)[C@@H]4O[C@H]4O[C@H](CO)[C@@H](O)[C@H](O)[C@H]4NC(C)=O)[C@H](O)[C@@H](O[C@H]4[C@@H]([C@H](O)CO)O[C@@](O)(C(=O)O)C[C@H]4O[C@]4(C(=O)O)C[C@@H](O)[C@@H](O)[C@@H]([C@H](O)CO)O4)O[C@@H]3[C@@H](O)CO)[C@@H]2O)O[C@H](CO)[C@@H](O[C@@H]2O[C@H](CO)[C@H](O)[C@H](O[C@]3(C(=O)O)C[C@H](O)[C@@H](NC(C)=O)[C@H]([C@H](O)[C@H](O)CO)O3)[C@H]2O)[C@@H]1O. The Labute approximate surface area is 754 Å². The molecule has 0 aromatic carbocycles. The number of hydrogen-bond donors (Lipinski definition) is 36. The van der Waals surface area contributed by atoms with Gasteiger partial charge in [0.05, 0.1) is 90.4 Å². The Morgan fingerprint density at radius 2 is 0.806 bits per heavy atom. The van der Waals surface area contributed by atoms with Crippen LogP contribution in [-0.4, -0.2) is 564 Å². The van der Waals surface area contributed by atoms with Crippen LogP contribution in [0.15, 0.2) is 0 Å². The van der Waals surface area contributed by atoms with Gasteiger partial charge in [-0.25, -0.2) is 18.9 Å². The van der Waals surface area contributed by atoms with E-state index in [4.69, 9.17) is 95.3 Å². The number of phosphoric acid groups is 1. The average molecular weight is 1990 g/mol. The summed E-state index contributed by atoms with van der Waals surface area (Å²) in [5.41, 5.74) is 5.55. The highest BCUT2D eigenvalue weighted by Gasteiger charge is 2.67. The van der Waals surface area contributed by atoms with Gasteiger partial charge in [0.15, 0.2) is 37.7 Å². The van der Waals surface area contributed by atoms with Crippen molar-refractivity contribution in [1.29, 1.82) is 0 Å². The first kappa shape index (κ1) is 113. The Bertz CT molecular complexity index is 3830. The molecule has 134 heavy (non-hydrogen) atoms. The van der Waals surface area contributed by atoms with Gasteiger partial charge in [-0.3, -0.25) is 23.4 Å². The lowest BCUT2D eigenvalue weighted by molar-refractivity contribution is -0.419. The maximum absolute atomic E-state index is 14.1. The van der Waals surface area contributed by atoms with Gasteiger partial charge in [0.25, 0.3) is 17.4 Å². The quantitative estimate of drug-likeness (QED) is 0.0252. The molecule has 3 amide bonds. The number of carboxylic acid groups (broad SMARTS) is 3. The largest absolute Gasteiger partial charge is 0.477 e. The van der Waals surface area contributed by atoms with E-state index >= 15 is 0 Å². The number of carbonyl (C=O) groups is 6. The maximum Gasteiger partial charge on any atom is 0.472 e. The zero-order valence-electron chi connectivity index (χ0n) is 70.8. The van der Waals surface area contributed by atoms with Crippen molar-refractivity contribution in [3.05, 3.63) is 0 Å². The van der Waals surface area contributed by atoms with Crippen LogP contribution in [0.3, 0.4) is 0 Å². The summed E-state index contributed by atoms with van der Waals surface area (Å²) in [5, 5.41) is 355. The third-order valence-electron chi connectivity index (χ3n) is 23.4. The standard InChI is InChI=1S/C71H119N4O58P/c1-18(85)73-33-21(88)6-71(68(110)111,131-53(33)37(96)23(90)9-76)132-55-40(99)31(16-83)118-63(45(55)104)122-51-32(17-84)119-61(35(42(51)101)75-20(3)87)124-54-39(98)30(15-82)117-62(44(54)103)126-58-49(26(93)12-79)121-64(123-52-28(8-69(112,66(106)107)129-50(52)27(94)13-80)128-70(67(108)109)7-22(89)36(95)48(130-70)25(92)11-78)46(105)56(58)125-65-59(127-60-34(74-19(2)86)41(100)38(97)29(14-81)116-60)57(133-134(113,114)115-5-4-72)43(102)47(120-65)24(91)10-77/h21-65,76-84,88-105,112H,4-17,72H2,1-3H3,(H,73,85)(H,74,86)(H,75,87)(H,106,107)(H,108,109)(H,110,111)(H,113,114)/t21-,22+,23+,24-,25+,26-,27+,28+,29+,30+,31+,32+,33+,34+,35+,36+,37+,38+,39-,40-,41+,42+,43+,44+,45+,46-,47+,48+,49+,50+,51+,52+,53+,54-,55-,56+,57-,58+,59-,60+,61-,62-,63-,64+,65+,69+,70+,71-/m0/s1. The van der Waals surface area contributed by atoms with Gasteiger partial charge in [0, 0.05) is 46.6 Å². The first-order chi connectivity index (χ1) is 62.9. The molecule has 0 bridgehead atoms. The van der Waals surface area contributed by atoms with E-state index in [-0.39, 0.29) is 0 Å². The molecule has 1 unspecified atom stereocenters. The number of amides is 3. The lowest BCUT2D eigenvalue weighted by atomic mass is 9.88. The van der Waals surface area contributed by atoms with Crippen molar-refractivity contribution in [2.24, 2.45) is 5.73 Å². The van der Waals surface area contributed by atoms with Gasteiger partial charge in [0.2, 0.25) is 17.7 Å². The summed E-state index contributed by atoms with van der Waals surface area (Å²) in [6.45, 7) is -11.7. The molecular formula is C71H119N4O58P. The van der Waals surface area contributed by atoms with Gasteiger partial charge in [0.1, 0.15) is 214 Å². The van der Waals surface area contributed by atoms with Crippen LogP contribution < -0.4 is 21.7 Å². The summed E-state index contributed by atoms with van der Waals surface area (Å²) < 4.78 is 125. The van der Waals surface area contributed by atoms with Crippen LogP contribution in [0.2, 0.25) is 0 Å². The molecule has 0 radical (unpaired) electrons. The van der Waals surface area contributed by atoms with E-state index in [0.717, 1.165) is 20.8 Å². The second-order valence-corrected chi connectivity index (χ2v) is 34.3. The van der Waals surface area contributed by atoms with Crippen LogP contribution in [-0.2, 0) is 123 Å². The molecule has 776 valence electrons. The molecule has 9 aliphatic heterocycles. The normalized spacial score (nSPS) is 44.8. The number of phosphoric ester groups is 1. The van der Waals surface area contributed by atoms with Crippen molar-refractivity contribution in [3.63, 3.8) is 0 Å². The summed E-state index contributed by atoms with van der Waals surface area (Å²) in [6.07, 6.45) is -111. The van der Waals surface area contributed by atoms with Gasteiger partial charge >= 0.3 is 25.7 Å². The maximum atomic E-state index is 14.1. The van der Waals surface area contributed by atoms with Crippen molar-refractivity contribution in [2.45, 2.75) is 333 Å². The molecule has 0 spiro atoms. The van der Waals surface area contributed by atoms with E-state index < -0.39 is 428 Å². The Balaban J connectivity index is 1.15. The van der Waals surface area contributed by atoms with Crippen LogP contribution in [0.4, 0.5) is 0 Å². The number of ether oxygens (including phenoxy) is 17. The lowest BCUT2D eigenvalue weighted by Gasteiger charge is -2.53. The van der Waals surface area contributed by atoms with Crippen LogP contribution in [0, 0.1) is 0 Å². The van der Waals surface area contributed by atoms with E-state index in [1.807, 2.05) is 0 Å². The third-order valence-corrected chi connectivity index (χ3v) is 24.4. The molecule has 9 aliphatic rings. The Hall–Kier alpha value is -4.91. The molecule has 0 saturated carbocycles. The monoisotopic (exact) mass is 1990 g/mol. The minimum Gasteiger partial charge on any atom is -0.477 e. The van der Waals surface area contributed by atoms with E-state index in [2.05, 4.69) is 16.0 Å². The predicted octanol–water partition coefficient (Wildman–Crippen LogP) is -22.5. The predicted molar refractivity (Wildman–Crippen MR) is 407 cm³/mol. The minimum atomic E-state index is -5.85. The molecule has 9 saturated heterocycles. The molecule has 0 aromatic heterocycles. The molecule has 0 aromatic rings. The van der Waals surface area contributed by atoms with Crippen LogP contribution in [0.5, 0.6) is 0 Å². The molecule has 0 aliphatic carbocycles. The fourth-order valence-corrected chi connectivity index (χ4v) is 17.6. The van der Waals surface area contributed by atoms with Gasteiger partial charge in [-0.15, -0.1) is 0 Å². The molecule has 9 heterocycles. The molecule has 9 fully saturated rings. The van der Waals surface area contributed by atoms with Crippen molar-refractivity contribution in [1.82, 2.24) is 16.0 Å². The number of carbonyl (C=O) groups excluding carboxylic acids is 3. The number of rotatable bonds is 42. The summed E-state index contributed by atoms with van der Waals surface area (Å²) >= 11 is 0. The molecule has 62 nitrogen and oxygen atoms in total. The van der Waals surface area contributed by atoms with Crippen molar-refractivity contribution < 1.29 is 286 Å². The van der Waals surface area contributed by atoms with E-state index in [0.29, 0.717) is 0 Å². The van der Waals surface area contributed by atoms with E-state index in [1.54, 1.807) is 0 Å². The van der Waals surface area contributed by atoms with Crippen molar-refractivity contribution in [3.8, 4) is 0 Å². The Morgan fingerprint density at radius 3 is 1.33 bits per heavy atom. The van der Waals surface area contributed by atoms with Gasteiger partial charge in [-0.2, -0.15) is 0 Å². The highest BCUT2D eigenvalue weighted by Crippen LogP contribution is 2.50. The summed E-state index contributed by atoms with van der Waals surface area (Å²) in [7, 11) is -5.85. The topological polar surface area (TPSA) is 1000 Å². The van der Waals surface area contributed by atoms with E-state index in [9.17, 15) is 197 Å². The molecule has 9 rings (SSSR count). The van der Waals surface area contributed by atoms with Gasteiger partial charge in [-0.05, 0) is 0 Å². The Kier molecular flexibility index (Phi) is 40.2. The van der Waals surface area contributed by atoms with Crippen LogP contribution >= 0.6 is 7.82 Å². The number of hydrogen-bond acceptors (Lipinski definition) is 55. The fraction of sp³-hybridized carbons (Fsp3) is 0.915. The highest BCUT2D eigenvalue weighted by molar-refractivity contribution is 7.47. The zero-order chi connectivity index (χ0) is 99.9. The molecule has 49 atom stereocenters. The van der Waals surface area contributed by atoms with Gasteiger partial charge < -0.3 is 265 Å². The summed E-state index contributed by atoms with van der Waals surface area (Å²) in [5.74, 6) is -20.9. The highest BCUT2D eigenvalue weighted by atomic mass is 31.2. The number of nitrogens with two attached hydrogens (primary N) is 1. The molecular weight excluding hydrogens is 1870 g/mol. The summed E-state index contributed by atoms with van der Waals surface area (Å²) in [6, 6.07) is -6.17. The third kappa shape index (κ3) is 24.9. The average Bonchev–Trinajstić information content (AvgIpc) is 0.739. The van der Waals surface area contributed by atoms with Crippen molar-refractivity contribution >= 4 is 43.5 Å². The number of nitrogens with one attached hydrogen (secondary N) is 3. The smallest absolute Gasteiger partial charge is 0.472 e. The second-order valence-electron chi connectivity index (χ2n) is 32.9. The zero-order valence-corrected chi connectivity index (χ0v) is 71.7. The Morgan fingerprint density at radius 1 is 0.388 bits per heavy atom. The molecule has 63 heteroatoms. The lowest BCUT2D eigenvalue weighted by Crippen LogP contribution is -2.72. The number of aliphatic hydroxyl groups excluding tert-OH is 27. The minimum absolute atomic E-state index is 0.579. The molecule has 37 N–H and O–H groups in total. The first-order valence-electron chi connectivity index (χ1n) is 41.5. The van der Waals surface area contributed by atoms with Gasteiger partial charge in [-0.1, -0.05) is 0 Å². The van der Waals surface area contributed by atoms with E-state index in [1.165, 1.54) is 0 Å². The van der Waals surface area contributed by atoms with Crippen LogP contribution in [0.25, 0.3) is 0 Å². The van der Waals surface area contributed by atoms with Crippen LogP contribution in [0.1, 0.15) is 40.0 Å². The first-order valence-corrected chi connectivity index (χ1v) is 43.0. The number of aliphatic carboxylic acids is 3.